The van der Waals surface area contributed by atoms with Gasteiger partial charge in [0.15, 0.2) is 17.2 Å². The molecule has 0 heterocycles. The number of fused-ring (bicyclic) bond motifs is 5. The van der Waals surface area contributed by atoms with E-state index in [1.807, 2.05) is 13.0 Å². The lowest BCUT2D eigenvalue weighted by Crippen LogP contribution is -2.68. The summed E-state index contributed by atoms with van der Waals surface area (Å²) in [6.07, 6.45) is 3.53. The molecule has 1 N–H and O–H groups in total. The van der Waals surface area contributed by atoms with Crippen molar-refractivity contribution in [3.05, 3.63) is 35.5 Å². The van der Waals surface area contributed by atoms with E-state index in [-0.39, 0.29) is 35.9 Å². The molecular weight excluding hydrogens is 338 g/mol. The first-order valence-electron chi connectivity index (χ1n) is 9.23. The van der Waals surface area contributed by atoms with Crippen LogP contribution in [0.25, 0.3) is 0 Å². The maximum Gasteiger partial charge on any atom is 0.178 e. The second-order valence-electron chi connectivity index (χ2n) is 8.77. The first-order chi connectivity index (χ1) is 12.1. The molecule has 0 saturated heterocycles. The minimum absolute atomic E-state index is 0.0730. The lowest BCUT2D eigenvalue weighted by atomic mass is 9.45. The van der Waals surface area contributed by atoms with Crippen molar-refractivity contribution in [3.8, 4) is 0 Å². The normalized spacial score (nSPS) is 49.7. The average molecular weight is 362 g/mol. The third-order valence-corrected chi connectivity index (χ3v) is 7.59. The molecular formula is C21H24F2O3. The topological polar surface area (TPSA) is 54.4 Å². The van der Waals surface area contributed by atoms with Crippen molar-refractivity contribution in [2.24, 2.45) is 22.7 Å². The van der Waals surface area contributed by atoms with Crippen molar-refractivity contribution in [3.63, 3.8) is 0 Å². The Balaban J connectivity index is 1.85. The minimum Gasteiger partial charge on any atom is -0.390 e. The zero-order valence-corrected chi connectivity index (χ0v) is 15.3. The Morgan fingerprint density at radius 1 is 1.31 bits per heavy atom. The number of hydrogen-bond acceptors (Lipinski definition) is 3. The molecule has 0 aliphatic heterocycles. The summed E-state index contributed by atoms with van der Waals surface area (Å²) >= 11 is 0. The van der Waals surface area contributed by atoms with E-state index in [1.54, 1.807) is 6.92 Å². The third kappa shape index (κ3) is 1.90. The highest BCUT2D eigenvalue weighted by Gasteiger charge is 2.71. The molecule has 0 aromatic rings. The monoisotopic (exact) mass is 362 g/mol. The Kier molecular flexibility index (Phi) is 3.57. The summed E-state index contributed by atoms with van der Waals surface area (Å²) in [5.74, 6) is -1.38. The Labute approximate surface area is 151 Å². The third-order valence-electron chi connectivity index (χ3n) is 7.59. The zero-order chi connectivity index (χ0) is 19.1. The lowest BCUT2D eigenvalue weighted by molar-refractivity contribution is -0.192. The number of alkyl halides is 2. The number of rotatable bonds is 1. The van der Waals surface area contributed by atoms with Gasteiger partial charge in [-0.05, 0) is 62.3 Å². The molecule has 5 heteroatoms. The van der Waals surface area contributed by atoms with E-state index in [1.165, 1.54) is 25.2 Å². The van der Waals surface area contributed by atoms with Crippen molar-refractivity contribution in [2.75, 3.05) is 0 Å². The van der Waals surface area contributed by atoms with E-state index in [4.69, 9.17) is 0 Å². The molecule has 0 aromatic heterocycles. The zero-order valence-electron chi connectivity index (χ0n) is 15.3. The summed E-state index contributed by atoms with van der Waals surface area (Å²) < 4.78 is 31.7. The van der Waals surface area contributed by atoms with Crippen LogP contribution in [0.15, 0.2) is 35.5 Å². The Morgan fingerprint density at radius 2 is 2.00 bits per heavy atom. The molecule has 0 bridgehead atoms. The molecule has 140 valence electrons. The first kappa shape index (κ1) is 17.8. The SMILES string of the molecule is CC(=O)C1=CC[C@H]2[C@@H]3CC(F)C4=CC(=O)C=C[C@]4(C)[C@@]3(F)[C@@H](O)C[C@]12C. The molecule has 2 fully saturated rings. The van der Waals surface area contributed by atoms with Crippen LogP contribution in [0.3, 0.4) is 0 Å². The van der Waals surface area contributed by atoms with Gasteiger partial charge in [0.05, 0.1) is 6.10 Å². The van der Waals surface area contributed by atoms with Gasteiger partial charge in [-0.3, -0.25) is 9.59 Å². The summed E-state index contributed by atoms with van der Waals surface area (Å²) in [4.78, 5) is 23.8. The van der Waals surface area contributed by atoms with E-state index >= 15 is 8.78 Å². The number of aliphatic hydroxyl groups is 1. The molecule has 4 aliphatic carbocycles. The molecule has 3 nitrogen and oxygen atoms in total. The van der Waals surface area contributed by atoms with Crippen LogP contribution in [-0.2, 0) is 9.59 Å². The van der Waals surface area contributed by atoms with Gasteiger partial charge >= 0.3 is 0 Å². The van der Waals surface area contributed by atoms with Crippen LogP contribution in [0.1, 0.15) is 40.0 Å². The fraction of sp³-hybridized carbons (Fsp3) is 0.619. The number of aliphatic hydroxyl groups excluding tert-OH is 1. The van der Waals surface area contributed by atoms with Gasteiger partial charge in [-0.2, -0.15) is 0 Å². The van der Waals surface area contributed by atoms with Gasteiger partial charge < -0.3 is 5.11 Å². The Morgan fingerprint density at radius 3 is 2.65 bits per heavy atom. The van der Waals surface area contributed by atoms with Crippen LogP contribution in [0.5, 0.6) is 0 Å². The number of halogens is 2. The van der Waals surface area contributed by atoms with Gasteiger partial charge in [-0.15, -0.1) is 0 Å². The maximum atomic E-state index is 16.6. The highest BCUT2D eigenvalue weighted by atomic mass is 19.1. The molecule has 0 radical (unpaired) electrons. The number of allylic oxidation sites excluding steroid dienone is 6. The second kappa shape index (κ2) is 5.22. The summed E-state index contributed by atoms with van der Waals surface area (Å²) in [6.45, 7) is 4.96. The van der Waals surface area contributed by atoms with Crippen LogP contribution < -0.4 is 0 Å². The Bertz CT molecular complexity index is 797. The van der Waals surface area contributed by atoms with Crippen LogP contribution in [0.4, 0.5) is 8.78 Å². The van der Waals surface area contributed by atoms with Crippen molar-refractivity contribution in [1.29, 1.82) is 0 Å². The van der Waals surface area contributed by atoms with Gasteiger partial charge in [-0.25, -0.2) is 8.78 Å². The van der Waals surface area contributed by atoms with E-state index < -0.39 is 34.7 Å². The summed E-state index contributed by atoms with van der Waals surface area (Å²) in [6, 6.07) is 0. The number of hydrogen-bond donors (Lipinski definition) is 1. The van der Waals surface area contributed by atoms with Gasteiger partial charge in [0.2, 0.25) is 0 Å². The lowest BCUT2D eigenvalue weighted by Gasteiger charge is -2.62. The van der Waals surface area contributed by atoms with Crippen molar-refractivity contribution < 1.29 is 23.5 Å². The average Bonchev–Trinajstić information content (AvgIpc) is 2.89. The second-order valence-corrected chi connectivity index (χ2v) is 8.77. The molecule has 0 aromatic carbocycles. The summed E-state index contributed by atoms with van der Waals surface area (Å²) in [5.41, 5.74) is -3.31. The Hall–Kier alpha value is -1.62. The molecule has 2 saturated carbocycles. The van der Waals surface area contributed by atoms with Gasteiger partial charge in [0.25, 0.3) is 0 Å². The largest absolute Gasteiger partial charge is 0.390 e. The standard InChI is InChI=1S/C21H24F2O3/c1-11(24)13-4-5-14-15-9-17(22)16-8-12(25)6-7-20(16,3)21(15,23)18(26)10-19(13,14)2/h4,6-8,14-15,17-18,26H,5,9-10H2,1-3H3/t14-,15-,17?,18-,19+,20-,21-/m0/s1. The fourth-order valence-corrected chi connectivity index (χ4v) is 6.32. The number of ketones is 2. The van der Waals surface area contributed by atoms with Crippen LogP contribution >= 0.6 is 0 Å². The quantitative estimate of drug-likeness (QED) is 0.778. The van der Waals surface area contributed by atoms with Gasteiger partial charge in [0, 0.05) is 16.7 Å². The van der Waals surface area contributed by atoms with E-state index in [0.29, 0.717) is 12.0 Å². The molecule has 1 unspecified atom stereocenters. The van der Waals surface area contributed by atoms with Gasteiger partial charge in [-0.1, -0.05) is 19.1 Å². The molecule has 4 aliphatic rings. The van der Waals surface area contributed by atoms with Crippen molar-refractivity contribution >= 4 is 11.6 Å². The predicted molar refractivity (Wildman–Crippen MR) is 92.8 cm³/mol. The van der Waals surface area contributed by atoms with E-state index in [2.05, 4.69) is 0 Å². The van der Waals surface area contributed by atoms with Crippen LogP contribution in [-0.4, -0.2) is 34.6 Å². The number of Topliss-reactive ketones (excluding diaryl/α,β-unsaturated/α-hetero) is 1. The van der Waals surface area contributed by atoms with Crippen LogP contribution in [0, 0.1) is 22.7 Å². The minimum atomic E-state index is -2.07. The first-order valence-corrected chi connectivity index (χ1v) is 9.23. The van der Waals surface area contributed by atoms with Crippen molar-refractivity contribution in [2.45, 2.75) is 58.0 Å². The fourth-order valence-electron chi connectivity index (χ4n) is 6.32. The van der Waals surface area contributed by atoms with E-state index in [9.17, 15) is 14.7 Å². The molecule has 0 spiro atoms. The van der Waals surface area contributed by atoms with Gasteiger partial charge in [0.1, 0.15) is 6.17 Å². The molecule has 4 rings (SSSR count). The van der Waals surface area contributed by atoms with E-state index in [0.717, 1.165) is 0 Å². The highest BCUT2D eigenvalue weighted by molar-refractivity contribution is 6.01. The number of carbonyl (C=O) groups excluding carboxylic acids is 2. The van der Waals surface area contributed by atoms with Crippen LogP contribution in [0.2, 0.25) is 0 Å². The molecule has 7 atom stereocenters. The molecule has 26 heavy (non-hydrogen) atoms. The smallest absolute Gasteiger partial charge is 0.178 e. The summed E-state index contributed by atoms with van der Waals surface area (Å²) in [7, 11) is 0. The maximum absolute atomic E-state index is 16.6. The summed E-state index contributed by atoms with van der Waals surface area (Å²) in [5, 5.41) is 10.9. The predicted octanol–water partition coefficient (Wildman–Crippen LogP) is 3.43. The number of carbonyl (C=O) groups is 2. The highest BCUT2D eigenvalue weighted by Crippen LogP contribution is 2.68. The molecule has 0 amide bonds. The van der Waals surface area contributed by atoms with Crippen molar-refractivity contribution in [1.82, 2.24) is 0 Å².